The van der Waals surface area contributed by atoms with Crippen LogP contribution in [0.15, 0.2) is 0 Å². The molecule has 0 saturated carbocycles. The van der Waals surface area contributed by atoms with Crippen molar-refractivity contribution in [3.05, 3.63) is 0 Å². The molecular weight excluding hydrogens is 436 g/mol. The van der Waals surface area contributed by atoms with E-state index < -0.39 is 59.8 Å². The summed E-state index contributed by atoms with van der Waals surface area (Å²) < 4.78 is 4.56. The summed E-state index contributed by atoms with van der Waals surface area (Å²) in [6.45, 7) is 9.06. The number of hydrogen-bond acceptors (Lipinski definition) is 8. The predicted molar refractivity (Wildman–Crippen MR) is 118 cm³/mol. The molecule has 0 heterocycles. The first-order valence-corrected chi connectivity index (χ1v) is 10.5. The Labute approximate surface area is 193 Å². The summed E-state index contributed by atoms with van der Waals surface area (Å²) in [6.07, 6.45) is -2.04. The zero-order valence-electron chi connectivity index (χ0n) is 20.2. The summed E-state index contributed by atoms with van der Waals surface area (Å²) in [7, 11) is 1.10. The molecule has 0 aromatic rings. The zero-order valence-corrected chi connectivity index (χ0v) is 20.2. The van der Waals surface area contributed by atoms with Crippen molar-refractivity contribution in [2.75, 3.05) is 13.7 Å². The zero-order chi connectivity index (χ0) is 25.9. The Morgan fingerprint density at radius 3 is 1.94 bits per heavy atom. The maximum atomic E-state index is 12.7. The minimum absolute atomic E-state index is 0.153. The van der Waals surface area contributed by atoms with E-state index in [-0.39, 0.29) is 24.7 Å². The lowest BCUT2D eigenvalue weighted by molar-refractivity contribution is -0.144. The number of amides is 4. The average Bonchev–Trinajstić information content (AvgIpc) is 2.67. The molecule has 0 aromatic carbocycles. The second-order valence-corrected chi connectivity index (χ2v) is 8.89. The molecule has 4 amide bonds. The van der Waals surface area contributed by atoms with Crippen molar-refractivity contribution >= 4 is 35.4 Å². The molecular formula is C21H36N4O8. The van der Waals surface area contributed by atoms with Crippen LogP contribution in [0.1, 0.15) is 54.4 Å². The van der Waals surface area contributed by atoms with Crippen LogP contribution in [0.3, 0.4) is 0 Å². The van der Waals surface area contributed by atoms with E-state index in [1.54, 1.807) is 20.8 Å². The highest BCUT2D eigenvalue weighted by Crippen LogP contribution is 2.08. The first kappa shape index (κ1) is 30.0. The summed E-state index contributed by atoms with van der Waals surface area (Å²) in [5.41, 5.74) is -0.487. The number of ketones is 1. The van der Waals surface area contributed by atoms with Gasteiger partial charge in [-0.15, -0.1) is 0 Å². The van der Waals surface area contributed by atoms with Gasteiger partial charge < -0.3 is 31.1 Å². The van der Waals surface area contributed by atoms with Gasteiger partial charge in [0.15, 0.2) is 0 Å². The molecule has 4 atom stereocenters. The summed E-state index contributed by atoms with van der Waals surface area (Å²) in [6, 6.07) is -2.87. The summed E-state index contributed by atoms with van der Waals surface area (Å²) in [4.78, 5) is 72.5. The van der Waals surface area contributed by atoms with Gasteiger partial charge >= 0.3 is 5.97 Å². The lowest BCUT2D eigenvalue weighted by Gasteiger charge is -2.25. The van der Waals surface area contributed by atoms with Gasteiger partial charge in [-0.2, -0.15) is 0 Å². The number of aliphatic hydroxyl groups excluding tert-OH is 1. The Kier molecular flexibility index (Phi) is 12.3. The Morgan fingerprint density at radius 1 is 0.909 bits per heavy atom. The SMILES string of the molecule is COC(=O)CC(NC(=O)C(C)CC(=O)NC(C)(C)C)C(=O)NC(C(=O)NCC(C)=O)C(C)O. The molecule has 4 unspecified atom stereocenters. The van der Waals surface area contributed by atoms with Gasteiger partial charge in [0.2, 0.25) is 23.6 Å². The first-order chi connectivity index (χ1) is 15.1. The van der Waals surface area contributed by atoms with E-state index in [4.69, 9.17) is 0 Å². The van der Waals surface area contributed by atoms with Crippen LogP contribution >= 0.6 is 0 Å². The second-order valence-electron chi connectivity index (χ2n) is 8.89. The van der Waals surface area contributed by atoms with Crippen molar-refractivity contribution in [1.29, 1.82) is 0 Å². The molecule has 0 aromatic heterocycles. The average molecular weight is 473 g/mol. The topological polar surface area (TPSA) is 180 Å². The van der Waals surface area contributed by atoms with Crippen molar-refractivity contribution < 1.29 is 38.6 Å². The number of carbonyl (C=O) groups excluding carboxylic acids is 6. The number of methoxy groups -OCH3 is 1. The van der Waals surface area contributed by atoms with Crippen molar-refractivity contribution in [3.8, 4) is 0 Å². The van der Waals surface area contributed by atoms with Gasteiger partial charge in [-0.3, -0.25) is 28.8 Å². The normalized spacial score (nSPS) is 14.7. The molecule has 0 spiro atoms. The predicted octanol–water partition coefficient (Wildman–Crippen LogP) is -1.45. The number of aliphatic hydroxyl groups is 1. The Hall–Kier alpha value is -3.02. The van der Waals surface area contributed by atoms with Crippen molar-refractivity contribution in [2.45, 2.75) is 78.1 Å². The second kappa shape index (κ2) is 13.5. The lowest BCUT2D eigenvalue weighted by Crippen LogP contribution is -2.58. The minimum Gasteiger partial charge on any atom is -0.469 e. The van der Waals surface area contributed by atoms with E-state index in [0.29, 0.717) is 0 Å². The Balaban J connectivity index is 5.36. The molecule has 0 aliphatic heterocycles. The van der Waals surface area contributed by atoms with Crippen LogP contribution < -0.4 is 21.3 Å². The highest BCUT2D eigenvalue weighted by molar-refractivity contribution is 5.96. The molecule has 12 heteroatoms. The van der Waals surface area contributed by atoms with Crippen molar-refractivity contribution in [2.24, 2.45) is 5.92 Å². The lowest BCUT2D eigenvalue weighted by atomic mass is 10.0. The van der Waals surface area contributed by atoms with Gasteiger partial charge in [0, 0.05) is 17.9 Å². The maximum Gasteiger partial charge on any atom is 0.308 e. The van der Waals surface area contributed by atoms with Gasteiger partial charge in [-0.05, 0) is 34.6 Å². The molecule has 0 aliphatic carbocycles. The smallest absolute Gasteiger partial charge is 0.308 e. The number of Topliss-reactive ketones (excluding diaryl/α,β-unsaturated/α-hetero) is 1. The largest absolute Gasteiger partial charge is 0.469 e. The molecule has 12 nitrogen and oxygen atoms in total. The number of nitrogens with one attached hydrogen (secondary N) is 4. The van der Waals surface area contributed by atoms with Crippen LogP contribution in [0.5, 0.6) is 0 Å². The molecule has 188 valence electrons. The third-order valence-corrected chi connectivity index (χ3v) is 4.26. The quantitative estimate of drug-likeness (QED) is 0.214. The molecule has 0 saturated heterocycles. The Bertz CT molecular complexity index is 745. The summed E-state index contributed by atoms with van der Waals surface area (Å²) in [5.74, 6) is -4.74. The van der Waals surface area contributed by atoms with E-state index >= 15 is 0 Å². The molecule has 0 radical (unpaired) electrons. The fourth-order valence-corrected chi connectivity index (χ4v) is 2.59. The van der Waals surface area contributed by atoms with Gasteiger partial charge in [-0.1, -0.05) is 6.92 Å². The van der Waals surface area contributed by atoms with Crippen molar-refractivity contribution in [1.82, 2.24) is 21.3 Å². The van der Waals surface area contributed by atoms with Crippen LogP contribution in [-0.4, -0.2) is 77.9 Å². The van der Waals surface area contributed by atoms with Gasteiger partial charge in [-0.25, -0.2) is 0 Å². The van der Waals surface area contributed by atoms with E-state index in [9.17, 15) is 33.9 Å². The summed E-state index contributed by atoms with van der Waals surface area (Å²) >= 11 is 0. The number of ether oxygens (including phenoxy) is 1. The van der Waals surface area contributed by atoms with E-state index in [1.165, 1.54) is 20.8 Å². The monoisotopic (exact) mass is 472 g/mol. The van der Waals surface area contributed by atoms with Gasteiger partial charge in [0.05, 0.1) is 26.2 Å². The third-order valence-electron chi connectivity index (χ3n) is 4.26. The molecule has 0 aliphatic rings. The van der Waals surface area contributed by atoms with E-state index in [1.807, 2.05) is 0 Å². The maximum absolute atomic E-state index is 12.7. The number of rotatable bonds is 12. The van der Waals surface area contributed by atoms with Crippen LogP contribution in [-0.2, 0) is 33.5 Å². The number of hydrogen-bond donors (Lipinski definition) is 5. The highest BCUT2D eigenvalue weighted by Gasteiger charge is 2.32. The minimum atomic E-state index is -1.44. The van der Waals surface area contributed by atoms with Crippen LogP contribution in [0.4, 0.5) is 0 Å². The Morgan fingerprint density at radius 2 is 1.48 bits per heavy atom. The number of carbonyl (C=O) groups is 6. The van der Waals surface area contributed by atoms with Crippen LogP contribution in [0.2, 0.25) is 0 Å². The van der Waals surface area contributed by atoms with E-state index in [2.05, 4.69) is 26.0 Å². The van der Waals surface area contributed by atoms with Crippen LogP contribution in [0.25, 0.3) is 0 Å². The van der Waals surface area contributed by atoms with Crippen LogP contribution in [0, 0.1) is 5.92 Å². The summed E-state index contributed by atoms with van der Waals surface area (Å²) in [5, 5.41) is 19.5. The molecule has 0 rings (SSSR count). The first-order valence-electron chi connectivity index (χ1n) is 10.5. The molecule has 0 bridgehead atoms. The van der Waals surface area contributed by atoms with E-state index in [0.717, 1.165) is 7.11 Å². The molecule has 5 N–H and O–H groups in total. The highest BCUT2D eigenvalue weighted by atomic mass is 16.5. The molecule has 0 fully saturated rings. The number of esters is 1. The fourth-order valence-electron chi connectivity index (χ4n) is 2.59. The van der Waals surface area contributed by atoms with Gasteiger partial charge in [0.1, 0.15) is 17.9 Å². The van der Waals surface area contributed by atoms with Gasteiger partial charge in [0.25, 0.3) is 0 Å². The standard InChI is InChI=1S/C21H36N4O8/c1-11(8-15(28)25-21(4,5)6)18(30)23-14(9-16(29)33-7)19(31)24-17(13(3)27)20(32)22-10-12(2)26/h11,13-14,17,27H,8-10H2,1-7H3,(H,22,32)(H,23,30)(H,24,31)(H,25,28). The fraction of sp³-hybridized carbons (Fsp3) is 0.714. The third kappa shape index (κ3) is 12.6. The molecule has 33 heavy (non-hydrogen) atoms. The van der Waals surface area contributed by atoms with Crippen molar-refractivity contribution in [3.63, 3.8) is 0 Å².